The van der Waals surface area contributed by atoms with Crippen molar-refractivity contribution in [1.29, 1.82) is 0 Å². The molecule has 2 aliphatic carbocycles. The molecule has 2 N–H and O–H groups in total. The maximum atomic E-state index is 10.9. The summed E-state index contributed by atoms with van der Waals surface area (Å²) in [5.74, 6) is -2.61. The van der Waals surface area contributed by atoms with Gasteiger partial charge in [0, 0.05) is 6.42 Å². The lowest BCUT2D eigenvalue weighted by atomic mass is 9.87. The summed E-state index contributed by atoms with van der Waals surface area (Å²) in [6.07, 6.45) is 6.62. The van der Waals surface area contributed by atoms with E-state index in [0.29, 0.717) is 0 Å². The molecule has 4 nitrogen and oxygen atoms in total. The molecule has 4 heteroatoms. The fourth-order valence-corrected chi connectivity index (χ4v) is 1.76. The molecule has 0 saturated heterocycles. The van der Waals surface area contributed by atoms with Gasteiger partial charge in [0.2, 0.25) is 0 Å². The molecule has 72 valence electrons. The van der Waals surface area contributed by atoms with Crippen molar-refractivity contribution in [2.75, 3.05) is 0 Å². The van der Waals surface area contributed by atoms with Crippen LogP contribution in [0.25, 0.3) is 0 Å². The van der Waals surface area contributed by atoms with E-state index in [1.807, 2.05) is 0 Å². The summed E-state index contributed by atoms with van der Waals surface area (Å²) >= 11 is 0. The second-order valence-electron chi connectivity index (χ2n) is 3.41. The van der Waals surface area contributed by atoms with E-state index in [-0.39, 0.29) is 6.42 Å². The molecule has 2 aliphatic rings. The zero-order valence-electron chi connectivity index (χ0n) is 7.23. The van der Waals surface area contributed by atoms with Crippen molar-refractivity contribution < 1.29 is 19.8 Å². The lowest BCUT2D eigenvalue weighted by molar-refractivity contribution is -0.160. The minimum atomic E-state index is -1.76. The van der Waals surface area contributed by atoms with Gasteiger partial charge >= 0.3 is 11.9 Å². The summed E-state index contributed by atoms with van der Waals surface area (Å²) in [5, 5.41) is 17.8. The molecule has 0 atom stereocenters. The first-order chi connectivity index (χ1) is 6.56. The average Bonchev–Trinajstić information content (AvgIpc) is 2.58. The number of hydrogen-bond acceptors (Lipinski definition) is 2. The highest BCUT2D eigenvalue weighted by Gasteiger charge is 2.49. The van der Waals surface area contributed by atoms with Gasteiger partial charge in [-0.25, -0.2) is 0 Å². The van der Waals surface area contributed by atoms with Crippen LogP contribution in [0, 0.1) is 5.41 Å². The van der Waals surface area contributed by atoms with E-state index in [1.54, 1.807) is 18.2 Å². The summed E-state index contributed by atoms with van der Waals surface area (Å²) in [6, 6.07) is 0. The molecule has 0 radical (unpaired) electrons. The van der Waals surface area contributed by atoms with Crippen LogP contribution in [-0.4, -0.2) is 22.2 Å². The van der Waals surface area contributed by atoms with Crippen molar-refractivity contribution >= 4 is 11.9 Å². The highest BCUT2D eigenvalue weighted by molar-refractivity contribution is 6.02. The topological polar surface area (TPSA) is 74.6 Å². The lowest BCUT2D eigenvalue weighted by Crippen LogP contribution is -2.35. The standard InChI is InChI=1S/C10H8O4/c11-8(12)10(9(13)14)4-6-2-1-3-7(6)5-10/h1-4H,5H2,(H,11,12)(H,13,14). The first kappa shape index (κ1) is 8.74. The molecule has 0 aromatic rings. The highest BCUT2D eigenvalue weighted by atomic mass is 16.4. The lowest BCUT2D eigenvalue weighted by Gasteiger charge is -2.15. The molecule has 2 rings (SSSR count). The summed E-state index contributed by atoms with van der Waals surface area (Å²) in [6.45, 7) is 0. The van der Waals surface area contributed by atoms with Crippen molar-refractivity contribution in [3.8, 4) is 0 Å². The third-order valence-corrected chi connectivity index (χ3v) is 2.58. The molecule has 0 aromatic carbocycles. The Bertz CT molecular complexity index is 398. The number of aliphatic carboxylic acids is 2. The SMILES string of the molecule is O=C(O)C1(C(=O)O)C=C2C=CC=C2C1. The van der Waals surface area contributed by atoms with Crippen LogP contribution in [-0.2, 0) is 9.59 Å². The molecule has 0 aliphatic heterocycles. The number of hydrogen-bond donors (Lipinski definition) is 2. The molecule has 0 unspecified atom stereocenters. The number of carboxylic acids is 2. The average molecular weight is 192 g/mol. The van der Waals surface area contributed by atoms with Gasteiger partial charge in [0.05, 0.1) is 0 Å². The Morgan fingerprint density at radius 3 is 2.43 bits per heavy atom. The van der Waals surface area contributed by atoms with Crippen LogP contribution in [0.1, 0.15) is 6.42 Å². The van der Waals surface area contributed by atoms with Gasteiger partial charge < -0.3 is 10.2 Å². The fraction of sp³-hybridized carbons (Fsp3) is 0.200. The Morgan fingerprint density at radius 1 is 1.29 bits per heavy atom. The zero-order valence-corrected chi connectivity index (χ0v) is 7.23. The Labute approximate surface area is 79.9 Å². The second-order valence-corrected chi connectivity index (χ2v) is 3.41. The molecule has 0 bridgehead atoms. The molecule has 0 spiro atoms. The Hall–Kier alpha value is -1.84. The number of carboxylic acid groups (broad SMARTS) is 2. The predicted octanol–water partition coefficient (Wildman–Crippen LogP) is 0.968. The highest BCUT2D eigenvalue weighted by Crippen LogP contribution is 2.42. The largest absolute Gasteiger partial charge is 0.480 e. The minimum Gasteiger partial charge on any atom is -0.480 e. The van der Waals surface area contributed by atoms with Crippen LogP contribution in [0.15, 0.2) is 35.5 Å². The normalized spacial score (nSPS) is 21.4. The Kier molecular flexibility index (Phi) is 1.61. The van der Waals surface area contributed by atoms with Crippen molar-refractivity contribution in [2.24, 2.45) is 5.41 Å². The predicted molar refractivity (Wildman–Crippen MR) is 47.6 cm³/mol. The van der Waals surface area contributed by atoms with Crippen molar-refractivity contribution in [1.82, 2.24) is 0 Å². The third kappa shape index (κ3) is 0.937. The Balaban J connectivity index is 2.49. The van der Waals surface area contributed by atoms with Crippen LogP contribution >= 0.6 is 0 Å². The molecule has 14 heavy (non-hydrogen) atoms. The smallest absolute Gasteiger partial charge is 0.325 e. The third-order valence-electron chi connectivity index (χ3n) is 2.58. The van der Waals surface area contributed by atoms with Crippen LogP contribution in [0.4, 0.5) is 0 Å². The quantitative estimate of drug-likeness (QED) is 0.639. The molecule has 0 amide bonds. The van der Waals surface area contributed by atoms with Gasteiger partial charge in [-0.1, -0.05) is 18.2 Å². The van der Waals surface area contributed by atoms with E-state index in [2.05, 4.69) is 0 Å². The van der Waals surface area contributed by atoms with Crippen LogP contribution in [0.2, 0.25) is 0 Å². The first-order valence-electron chi connectivity index (χ1n) is 4.13. The van der Waals surface area contributed by atoms with E-state index in [9.17, 15) is 9.59 Å². The summed E-state index contributed by atoms with van der Waals surface area (Å²) < 4.78 is 0. The zero-order chi connectivity index (χ0) is 10.3. The summed E-state index contributed by atoms with van der Waals surface area (Å²) in [7, 11) is 0. The number of fused-ring (bicyclic) bond motifs is 1. The van der Waals surface area contributed by atoms with Crippen molar-refractivity contribution in [3.63, 3.8) is 0 Å². The molecule has 0 heterocycles. The van der Waals surface area contributed by atoms with Gasteiger partial charge in [-0.3, -0.25) is 9.59 Å². The van der Waals surface area contributed by atoms with E-state index in [4.69, 9.17) is 10.2 Å². The van der Waals surface area contributed by atoms with E-state index < -0.39 is 17.4 Å². The van der Waals surface area contributed by atoms with Gasteiger partial charge in [-0.05, 0) is 17.2 Å². The van der Waals surface area contributed by atoms with Crippen molar-refractivity contribution in [3.05, 3.63) is 35.5 Å². The summed E-state index contributed by atoms with van der Waals surface area (Å²) in [4.78, 5) is 21.8. The molecular weight excluding hydrogens is 184 g/mol. The van der Waals surface area contributed by atoms with E-state index in [1.165, 1.54) is 6.08 Å². The first-order valence-corrected chi connectivity index (χ1v) is 4.13. The molecule has 0 saturated carbocycles. The Morgan fingerprint density at radius 2 is 1.93 bits per heavy atom. The maximum absolute atomic E-state index is 10.9. The molecular formula is C10H8O4. The summed E-state index contributed by atoms with van der Waals surface area (Å²) in [5.41, 5.74) is -0.254. The second kappa shape index (κ2) is 2.57. The van der Waals surface area contributed by atoms with E-state index in [0.717, 1.165) is 11.1 Å². The van der Waals surface area contributed by atoms with Gasteiger partial charge in [0.25, 0.3) is 0 Å². The maximum Gasteiger partial charge on any atom is 0.325 e. The van der Waals surface area contributed by atoms with E-state index >= 15 is 0 Å². The van der Waals surface area contributed by atoms with Crippen molar-refractivity contribution in [2.45, 2.75) is 6.42 Å². The number of carbonyl (C=O) groups is 2. The van der Waals surface area contributed by atoms with Gasteiger partial charge in [0.15, 0.2) is 5.41 Å². The molecule has 0 fully saturated rings. The fourth-order valence-electron chi connectivity index (χ4n) is 1.76. The molecule has 0 aromatic heterocycles. The van der Waals surface area contributed by atoms with Crippen LogP contribution in [0.5, 0.6) is 0 Å². The van der Waals surface area contributed by atoms with Gasteiger partial charge in [-0.2, -0.15) is 0 Å². The minimum absolute atomic E-state index is 0.0417. The van der Waals surface area contributed by atoms with Crippen LogP contribution < -0.4 is 0 Å². The van der Waals surface area contributed by atoms with Gasteiger partial charge in [-0.15, -0.1) is 0 Å². The van der Waals surface area contributed by atoms with Gasteiger partial charge in [0.1, 0.15) is 0 Å². The van der Waals surface area contributed by atoms with Crippen LogP contribution in [0.3, 0.4) is 0 Å². The number of rotatable bonds is 2. The monoisotopic (exact) mass is 192 g/mol. The number of allylic oxidation sites excluding steroid dienone is 5.